The van der Waals surface area contributed by atoms with Gasteiger partial charge in [0.2, 0.25) is 5.91 Å². The van der Waals surface area contributed by atoms with Crippen LogP contribution in [0.1, 0.15) is 31.4 Å². The summed E-state index contributed by atoms with van der Waals surface area (Å²) in [7, 11) is 0. The number of imidazole rings is 1. The standard InChI is InChI=1S/C23H27N3O3/c1-2-13-25-19-10-6-7-11-20(19)26(23(25)28)14-12-22(27)24-15-16-29-21(17-24)18-8-4-3-5-9-18/h3-11,21H,2,12-17H2,1H3. The Morgan fingerprint density at radius 2 is 1.66 bits per heavy atom. The molecular formula is C23H27N3O3. The molecule has 6 heteroatoms. The van der Waals surface area contributed by atoms with E-state index in [0.717, 1.165) is 23.0 Å². The lowest BCUT2D eigenvalue weighted by atomic mass is 10.1. The van der Waals surface area contributed by atoms with Crippen LogP contribution >= 0.6 is 0 Å². The zero-order valence-corrected chi connectivity index (χ0v) is 16.8. The molecule has 0 radical (unpaired) electrons. The summed E-state index contributed by atoms with van der Waals surface area (Å²) in [6.45, 7) is 4.81. The van der Waals surface area contributed by atoms with Gasteiger partial charge in [-0.05, 0) is 24.1 Å². The molecule has 152 valence electrons. The lowest BCUT2D eigenvalue weighted by Crippen LogP contribution is -2.42. The molecule has 1 saturated heterocycles. The third-order valence-corrected chi connectivity index (χ3v) is 5.51. The fraction of sp³-hybridized carbons (Fsp3) is 0.391. The van der Waals surface area contributed by atoms with Crippen molar-refractivity contribution in [3.63, 3.8) is 0 Å². The highest BCUT2D eigenvalue weighted by Gasteiger charge is 2.25. The summed E-state index contributed by atoms with van der Waals surface area (Å²) < 4.78 is 9.40. The van der Waals surface area contributed by atoms with Gasteiger partial charge in [-0.15, -0.1) is 0 Å². The molecule has 6 nitrogen and oxygen atoms in total. The number of morpholine rings is 1. The number of rotatable bonds is 6. The first kappa shape index (κ1) is 19.5. The molecule has 29 heavy (non-hydrogen) atoms. The van der Waals surface area contributed by atoms with Crippen molar-refractivity contribution in [2.75, 3.05) is 19.7 Å². The molecule has 0 N–H and O–H groups in total. The number of carbonyl (C=O) groups is 1. The highest BCUT2D eigenvalue weighted by Crippen LogP contribution is 2.22. The summed E-state index contributed by atoms with van der Waals surface area (Å²) >= 11 is 0. The van der Waals surface area contributed by atoms with Gasteiger partial charge in [0, 0.05) is 26.1 Å². The lowest BCUT2D eigenvalue weighted by molar-refractivity contribution is -0.139. The first-order valence-corrected chi connectivity index (χ1v) is 10.3. The second kappa shape index (κ2) is 8.66. The molecule has 1 atom stereocenters. The summed E-state index contributed by atoms with van der Waals surface area (Å²) in [5.41, 5.74) is 2.87. The molecule has 3 aromatic rings. The van der Waals surface area contributed by atoms with Crippen LogP contribution in [-0.2, 0) is 22.6 Å². The monoisotopic (exact) mass is 393 g/mol. The summed E-state index contributed by atoms with van der Waals surface area (Å²) in [6, 6.07) is 17.8. The normalized spacial score (nSPS) is 17.0. The Morgan fingerprint density at radius 1 is 1.00 bits per heavy atom. The van der Waals surface area contributed by atoms with Crippen LogP contribution in [0.25, 0.3) is 11.0 Å². The van der Waals surface area contributed by atoms with E-state index < -0.39 is 0 Å². The number of hydrogen-bond acceptors (Lipinski definition) is 3. The van der Waals surface area contributed by atoms with Gasteiger partial charge in [0.15, 0.2) is 0 Å². The maximum absolute atomic E-state index is 12.9. The summed E-state index contributed by atoms with van der Waals surface area (Å²) in [5.74, 6) is 0.0634. The van der Waals surface area contributed by atoms with Crippen LogP contribution in [-0.4, -0.2) is 39.6 Å². The number of ether oxygens (including phenoxy) is 1. The number of nitrogens with zero attached hydrogens (tertiary/aromatic N) is 3. The first-order chi connectivity index (χ1) is 14.2. The van der Waals surface area contributed by atoms with Gasteiger partial charge in [0.05, 0.1) is 24.2 Å². The van der Waals surface area contributed by atoms with Crippen molar-refractivity contribution in [3.8, 4) is 0 Å². The van der Waals surface area contributed by atoms with Crippen molar-refractivity contribution in [1.82, 2.24) is 14.0 Å². The van der Waals surface area contributed by atoms with Crippen LogP contribution in [0.15, 0.2) is 59.4 Å². The Hall–Kier alpha value is -2.86. The minimum absolute atomic E-state index is 0.0370. The highest BCUT2D eigenvalue weighted by atomic mass is 16.5. The van der Waals surface area contributed by atoms with E-state index in [-0.39, 0.29) is 17.7 Å². The molecule has 4 rings (SSSR count). The number of aromatic nitrogens is 2. The maximum Gasteiger partial charge on any atom is 0.329 e. The van der Waals surface area contributed by atoms with E-state index >= 15 is 0 Å². The van der Waals surface area contributed by atoms with E-state index in [9.17, 15) is 9.59 Å². The Morgan fingerprint density at radius 3 is 2.34 bits per heavy atom. The summed E-state index contributed by atoms with van der Waals surface area (Å²) in [6.07, 6.45) is 1.10. The fourth-order valence-electron chi connectivity index (χ4n) is 4.04. The van der Waals surface area contributed by atoms with Crippen LogP contribution < -0.4 is 5.69 Å². The Balaban J connectivity index is 1.47. The van der Waals surface area contributed by atoms with Crippen molar-refractivity contribution in [2.45, 2.75) is 39.0 Å². The second-order valence-corrected chi connectivity index (χ2v) is 7.43. The third-order valence-electron chi connectivity index (χ3n) is 5.51. The molecule has 0 bridgehead atoms. The zero-order valence-electron chi connectivity index (χ0n) is 16.8. The molecule has 0 saturated carbocycles. The molecule has 2 aromatic carbocycles. The number of carbonyl (C=O) groups excluding carboxylic acids is 1. The van der Waals surface area contributed by atoms with Gasteiger partial charge in [-0.1, -0.05) is 49.4 Å². The number of hydrogen-bond donors (Lipinski definition) is 0. The van der Waals surface area contributed by atoms with E-state index in [4.69, 9.17) is 4.74 Å². The summed E-state index contributed by atoms with van der Waals surface area (Å²) in [4.78, 5) is 27.6. The van der Waals surface area contributed by atoms with Crippen LogP contribution in [0.2, 0.25) is 0 Å². The Labute approximate surface area is 170 Å². The third kappa shape index (κ3) is 3.98. The Kier molecular flexibility index (Phi) is 5.81. The van der Waals surface area contributed by atoms with Gasteiger partial charge < -0.3 is 9.64 Å². The first-order valence-electron chi connectivity index (χ1n) is 10.3. The van der Waals surface area contributed by atoms with E-state index in [0.29, 0.717) is 39.2 Å². The minimum Gasteiger partial charge on any atom is -0.370 e. The van der Waals surface area contributed by atoms with E-state index in [1.165, 1.54) is 0 Å². The molecule has 1 aromatic heterocycles. The molecule has 1 unspecified atom stereocenters. The van der Waals surface area contributed by atoms with E-state index in [1.54, 1.807) is 9.13 Å². The molecule has 1 aliphatic rings. The van der Waals surface area contributed by atoms with E-state index in [1.807, 2.05) is 59.5 Å². The average Bonchev–Trinajstić information content (AvgIpc) is 3.04. The number of aryl methyl sites for hydroxylation is 2. The predicted molar refractivity (Wildman–Crippen MR) is 113 cm³/mol. The molecule has 1 fully saturated rings. The molecule has 0 aliphatic carbocycles. The quantitative estimate of drug-likeness (QED) is 0.646. The Bertz CT molecular complexity index is 1040. The predicted octanol–water partition coefficient (Wildman–Crippen LogP) is 3.20. The van der Waals surface area contributed by atoms with Crippen LogP contribution in [0, 0.1) is 0 Å². The summed E-state index contributed by atoms with van der Waals surface area (Å²) in [5, 5.41) is 0. The largest absolute Gasteiger partial charge is 0.370 e. The van der Waals surface area contributed by atoms with Crippen LogP contribution in [0.3, 0.4) is 0 Å². The minimum atomic E-state index is -0.0944. The van der Waals surface area contributed by atoms with Gasteiger partial charge in [-0.3, -0.25) is 13.9 Å². The van der Waals surface area contributed by atoms with Crippen molar-refractivity contribution >= 4 is 16.9 Å². The van der Waals surface area contributed by atoms with Crippen molar-refractivity contribution < 1.29 is 9.53 Å². The molecule has 2 heterocycles. The number of fused-ring (bicyclic) bond motifs is 1. The SMILES string of the molecule is CCCn1c(=O)n(CCC(=O)N2CCOC(c3ccccc3)C2)c2ccccc21. The van der Waals surface area contributed by atoms with E-state index in [2.05, 4.69) is 6.92 Å². The lowest BCUT2D eigenvalue weighted by Gasteiger charge is -2.33. The van der Waals surface area contributed by atoms with Crippen molar-refractivity contribution in [1.29, 1.82) is 0 Å². The van der Waals surface area contributed by atoms with Gasteiger partial charge in [-0.2, -0.15) is 0 Å². The fourth-order valence-corrected chi connectivity index (χ4v) is 4.04. The van der Waals surface area contributed by atoms with Gasteiger partial charge in [0.1, 0.15) is 6.10 Å². The van der Waals surface area contributed by atoms with Gasteiger partial charge in [-0.25, -0.2) is 4.79 Å². The topological polar surface area (TPSA) is 56.5 Å². The molecule has 1 aliphatic heterocycles. The number of benzene rings is 2. The maximum atomic E-state index is 12.9. The van der Waals surface area contributed by atoms with Crippen molar-refractivity contribution in [3.05, 3.63) is 70.6 Å². The van der Waals surface area contributed by atoms with Crippen molar-refractivity contribution in [2.24, 2.45) is 0 Å². The average molecular weight is 393 g/mol. The van der Waals surface area contributed by atoms with Gasteiger partial charge in [0.25, 0.3) is 0 Å². The molecular weight excluding hydrogens is 366 g/mol. The zero-order chi connectivity index (χ0) is 20.2. The van der Waals surface area contributed by atoms with Gasteiger partial charge >= 0.3 is 5.69 Å². The second-order valence-electron chi connectivity index (χ2n) is 7.43. The highest BCUT2D eigenvalue weighted by molar-refractivity contribution is 5.78. The van der Waals surface area contributed by atoms with Crippen LogP contribution in [0.5, 0.6) is 0 Å². The molecule has 0 spiro atoms. The number of para-hydroxylation sites is 2. The smallest absolute Gasteiger partial charge is 0.329 e. The van der Waals surface area contributed by atoms with Crippen LogP contribution in [0.4, 0.5) is 0 Å². The molecule has 1 amide bonds. The number of amides is 1.